The quantitative estimate of drug-likeness (QED) is 0.168. The fourth-order valence-electron chi connectivity index (χ4n) is 7.59. The number of fused-ring (bicyclic) bond motifs is 1. The van der Waals surface area contributed by atoms with Crippen LogP contribution < -0.4 is 0 Å². The zero-order valence-corrected chi connectivity index (χ0v) is 33.9. The van der Waals surface area contributed by atoms with Gasteiger partial charge in [0.1, 0.15) is 11.6 Å². The molecule has 0 aliphatic rings. The summed E-state index contributed by atoms with van der Waals surface area (Å²) in [7, 11) is 0. The van der Waals surface area contributed by atoms with E-state index in [4.69, 9.17) is 16.8 Å². The molecule has 0 saturated carbocycles. The van der Waals surface area contributed by atoms with Gasteiger partial charge >= 0.3 is 0 Å². The monoisotopic (exact) mass is 750 g/mol. The molecule has 57 heavy (non-hydrogen) atoms. The van der Waals surface area contributed by atoms with Crippen molar-refractivity contribution in [2.45, 2.75) is 72.6 Å². The molecule has 4 heteroatoms. The lowest BCUT2D eigenvalue weighted by atomic mass is 9.83. The second kappa shape index (κ2) is 15.0. The van der Waals surface area contributed by atoms with Crippen LogP contribution in [0.4, 0.5) is 0 Å². The fraction of sp³-hybridized carbons (Fsp3) is 0.208. The van der Waals surface area contributed by atoms with Gasteiger partial charge in [-0.15, -0.1) is 0 Å². The van der Waals surface area contributed by atoms with Gasteiger partial charge in [-0.25, -0.2) is 4.98 Å². The molecule has 0 unspecified atom stereocenters. The number of aromatic hydroxyl groups is 1. The van der Waals surface area contributed by atoms with Gasteiger partial charge in [-0.05, 0) is 123 Å². The van der Waals surface area contributed by atoms with E-state index in [1.807, 2.05) is 18.2 Å². The summed E-state index contributed by atoms with van der Waals surface area (Å²) in [6.45, 7) is 17.1. The van der Waals surface area contributed by atoms with E-state index in [9.17, 15) is 5.11 Å². The van der Waals surface area contributed by atoms with Crippen LogP contribution in [0.3, 0.4) is 0 Å². The van der Waals surface area contributed by atoms with Crippen LogP contribution in [0.25, 0.3) is 72.7 Å². The number of imidazole rings is 1. The second-order valence-corrected chi connectivity index (χ2v) is 16.7. The standard InChI is InChI=1S/C53H51N3O/c1-33(2)39-30-46(34(3)4)51(57)47(31-39)52-55-50-45(20-15-21-49(50)56(52)44-25-35(5)24-40(29-44)37-18-13-10-14-19-37)41-26-42(28-43(27-41)53(6,7)8)48-32-38(22-23-54-48)36-16-11-9-12-17-36/h9-34,57H,1-8H3/i9D,11D,12D,16D,17D. The molecule has 0 spiro atoms. The number of nitrogens with zero attached hydrogens (tertiary/aromatic N) is 3. The molecule has 8 rings (SSSR count). The van der Waals surface area contributed by atoms with Crippen LogP contribution >= 0.6 is 0 Å². The highest BCUT2D eigenvalue weighted by atomic mass is 16.3. The number of aromatic nitrogens is 3. The predicted octanol–water partition coefficient (Wildman–Crippen LogP) is 14.3. The summed E-state index contributed by atoms with van der Waals surface area (Å²) in [4.78, 5) is 10.3. The Labute approximate surface area is 344 Å². The highest BCUT2D eigenvalue weighted by Gasteiger charge is 2.25. The minimum Gasteiger partial charge on any atom is -0.507 e. The van der Waals surface area contributed by atoms with Gasteiger partial charge in [0.2, 0.25) is 0 Å². The molecule has 0 atom stereocenters. The third kappa shape index (κ3) is 7.40. The van der Waals surface area contributed by atoms with Crippen molar-refractivity contribution in [2.75, 3.05) is 0 Å². The molecule has 8 aromatic rings. The third-order valence-electron chi connectivity index (χ3n) is 10.8. The van der Waals surface area contributed by atoms with Crippen molar-refractivity contribution in [3.8, 4) is 67.5 Å². The Bertz CT molecular complexity index is 3010. The Morgan fingerprint density at radius 3 is 2.12 bits per heavy atom. The minimum absolute atomic E-state index is 0.0793. The fourth-order valence-corrected chi connectivity index (χ4v) is 7.59. The third-order valence-corrected chi connectivity index (χ3v) is 10.8. The van der Waals surface area contributed by atoms with E-state index in [-0.39, 0.29) is 52.7 Å². The number of aryl methyl sites for hydroxylation is 1. The molecule has 0 fully saturated rings. The number of rotatable bonds is 8. The van der Waals surface area contributed by atoms with Crippen LogP contribution in [0, 0.1) is 6.92 Å². The molecule has 6 aromatic carbocycles. The predicted molar refractivity (Wildman–Crippen MR) is 239 cm³/mol. The highest BCUT2D eigenvalue weighted by Crippen LogP contribution is 2.43. The number of pyridine rings is 1. The van der Waals surface area contributed by atoms with E-state index in [0.29, 0.717) is 22.6 Å². The average Bonchev–Trinajstić information content (AvgIpc) is 3.64. The largest absolute Gasteiger partial charge is 0.507 e. The molecular formula is C53H51N3O. The maximum atomic E-state index is 12.1. The first-order valence-corrected chi connectivity index (χ1v) is 19.7. The first-order valence-electron chi connectivity index (χ1n) is 22.2. The number of phenolic OH excluding ortho intramolecular Hbond substituents is 1. The second-order valence-electron chi connectivity index (χ2n) is 16.7. The lowest BCUT2D eigenvalue weighted by molar-refractivity contribution is 0.466. The summed E-state index contributed by atoms with van der Waals surface area (Å²) < 4.78 is 44.2. The highest BCUT2D eigenvalue weighted by molar-refractivity contribution is 5.97. The van der Waals surface area contributed by atoms with Gasteiger partial charge in [-0.1, -0.05) is 139 Å². The summed E-state index contributed by atoms with van der Waals surface area (Å²) >= 11 is 0. The lowest BCUT2D eigenvalue weighted by Crippen LogP contribution is -2.11. The molecular weight excluding hydrogens is 695 g/mol. The van der Waals surface area contributed by atoms with Crippen LogP contribution in [0.1, 0.15) is 89.4 Å². The molecule has 0 saturated heterocycles. The summed E-state index contributed by atoms with van der Waals surface area (Å²) in [6, 6.07) is 35.5. The van der Waals surface area contributed by atoms with E-state index in [0.717, 1.165) is 66.8 Å². The Morgan fingerprint density at radius 2 is 1.40 bits per heavy atom. The van der Waals surface area contributed by atoms with Gasteiger partial charge < -0.3 is 5.11 Å². The van der Waals surface area contributed by atoms with Gasteiger partial charge in [0.05, 0.1) is 29.1 Å². The molecule has 0 amide bonds. The van der Waals surface area contributed by atoms with E-state index in [1.165, 1.54) is 0 Å². The van der Waals surface area contributed by atoms with Crippen LogP contribution in [0.15, 0.2) is 146 Å². The van der Waals surface area contributed by atoms with E-state index in [1.54, 1.807) is 18.3 Å². The average molecular weight is 751 g/mol. The van der Waals surface area contributed by atoms with Crippen molar-refractivity contribution in [1.29, 1.82) is 0 Å². The van der Waals surface area contributed by atoms with Gasteiger partial charge in [0.15, 0.2) is 0 Å². The Balaban J connectivity index is 1.40. The van der Waals surface area contributed by atoms with E-state index >= 15 is 0 Å². The SMILES string of the molecule is [2H]c1c([2H])c([2H])c(-c2ccnc(-c3cc(-c4cccc5c4nc(-c4cc(C(C)C)cc(C(C)C)c4O)n5-c4cc(C)cc(-c5ccccc5)c4)cc(C(C)(C)C)c3)c2)c([2H])c1[2H]. The number of phenols is 1. The van der Waals surface area contributed by atoms with Gasteiger partial charge in [0, 0.05) is 23.0 Å². The van der Waals surface area contributed by atoms with Crippen molar-refractivity contribution in [3.63, 3.8) is 0 Å². The number of benzene rings is 6. The van der Waals surface area contributed by atoms with E-state index in [2.05, 4.69) is 139 Å². The number of hydrogen-bond acceptors (Lipinski definition) is 3. The zero-order valence-electron chi connectivity index (χ0n) is 38.9. The Morgan fingerprint density at radius 1 is 0.649 bits per heavy atom. The van der Waals surface area contributed by atoms with Crippen molar-refractivity contribution >= 4 is 11.0 Å². The number of para-hydroxylation sites is 1. The summed E-state index contributed by atoms with van der Waals surface area (Å²) in [5.41, 5.74) is 13.2. The smallest absolute Gasteiger partial charge is 0.149 e. The summed E-state index contributed by atoms with van der Waals surface area (Å²) in [6.07, 6.45) is 1.62. The molecule has 0 bridgehead atoms. The van der Waals surface area contributed by atoms with Crippen molar-refractivity contribution < 1.29 is 12.0 Å². The molecule has 284 valence electrons. The normalized spacial score (nSPS) is 13.1. The van der Waals surface area contributed by atoms with Crippen molar-refractivity contribution in [3.05, 3.63) is 168 Å². The van der Waals surface area contributed by atoms with Gasteiger partial charge in [-0.3, -0.25) is 9.55 Å². The lowest BCUT2D eigenvalue weighted by Gasteiger charge is -2.22. The molecule has 2 aromatic heterocycles. The molecule has 4 nitrogen and oxygen atoms in total. The van der Waals surface area contributed by atoms with Crippen molar-refractivity contribution in [2.24, 2.45) is 0 Å². The maximum Gasteiger partial charge on any atom is 0.149 e. The van der Waals surface area contributed by atoms with Crippen LogP contribution in [0.2, 0.25) is 0 Å². The first kappa shape index (κ1) is 31.9. The first-order chi connectivity index (χ1) is 29.4. The van der Waals surface area contributed by atoms with Gasteiger partial charge in [0.25, 0.3) is 0 Å². The van der Waals surface area contributed by atoms with Crippen LogP contribution in [-0.2, 0) is 5.41 Å². The number of hydrogen-bond donors (Lipinski definition) is 1. The topological polar surface area (TPSA) is 50.9 Å². The summed E-state index contributed by atoms with van der Waals surface area (Å²) in [5.74, 6) is 1.16. The van der Waals surface area contributed by atoms with Crippen molar-refractivity contribution in [1.82, 2.24) is 14.5 Å². The maximum absolute atomic E-state index is 12.1. The van der Waals surface area contributed by atoms with Gasteiger partial charge in [-0.2, -0.15) is 0 Å². The molecule has 0 aliphatic carbocycles. The zero-order chi connectivity index (χ0) is 44.4. The molecule has 0 aliphatic heterocycles. The Kier molecular flexibility index (Phi) is 8.40. The minimum atomic E-state index is -0.428. The summed E-state index contributed by atoms with van der Waals surface area (Å²) in [5, 5.41) is 12.1. The van der Waals surface area contributed by atoms with Crippen LogP contribution in [0.5, 0.6) is 5.75 Å². The molecule has 0 radical (unpaired) electrons. The van der Waals surface area contributed by atoms with E-state index < -0.39 is 6.04 Å². The van der Waals surface area contributed by atoms with Crippen LogP contribution in [-0.4, -0.2) is 19.6 Å². The molecule has 1 N–H and O–H groups in total. The Hall–Kier alpha value is -6.26. The molecule has 2 heterocycles.